The fraction of sp³-hybridized carbons (Fsp3) is 0.889. The lowest BCUT2D eigenvalue weighted by Crippen LogP contribution is -2.10. The van der Waals surface area contributed by atoms with Crippen molar-refractivity contribution < 1.29 is 17.4 Å². The Bertz CT molecular complexity index is 233. The summed E-state index contributed by atoms with van der Waals surface area (Å²) in [4.78, 5) is 9.97. The van der Waals surface area contributed by atoms with E-state index < -0.39 is 10.1 Å². The molecule has 0 saturated carbocycles. The van der Waals surface area contributed by atoms with Gasteiger partial charge in [0.25, 0.3) is 10.1 Å². The highest BCUT2D eigenvalue weighted by molar-refractivity contribution is 7.86. The van der Waals surface area contributed by atoms with Gasteiger partial charge in [-0.3, -0.25) is 4.18 Å². The van der Waals surface area contributed by atoms with E-state index in [1.54, 1.807) is 6.92 Å². The van der Waals surface area contributed by atoms with Crippen LogP contribution in [0.3, 0.4) is 0 Å². The molecule has 0 atom stereocenters. The molecule has 0 spiro atoms. The molecule has 0 amide bonds. The van der Waals surface area contributed by atoms with Gasteiger partial charge in [-0.1, -0.05) is 12.8 Å². The van der Waals surface area contributed by atoms with E-state index in [9.17, 15) is 13.2 Å². The van der Waals surface area contributed by atoms with Crippen molar-refractivity contribution in [3.05, 3.63) is 0 Å². The molecule has 0 aliphatic carbocycles. The van der Waals surface area contributed by atoms with Crippen LogP contribution < -0.4 is 0 Å². The number of hydrogen-bond donors (Lipinski definition) is 0. The van der Waals surface area contributed by atoms with E-state index in [2.05, 4.69) is 4.18 Å². The maximum atomic E-state index is 11.0. The first kappa shape index (κ1) is 13.6. The first-order valence-corrected chi connectivity index (χ1v) is 6.51. The van der Waals surface area contributed by atoms with Gasteiger partial charge in [0.15, 0.2) is 0 Å². The topological polar surface area (TPSA) is 60.4 Å². The number of carbonyl (C=O) groups is 1. The van der Waals surface area contributed by atoms with Gasteiger partial charge >= 0.3 is 0 Å². The zero-order valence-corrected chi connectivity index (χ0v) is 9.38. The Kier molecular flexibility index (Phi) is 7.70. The molecule has 0 bridgehead atoms. The monoisotopic (exact) mass is 222 g/mol. The minimum atomic E-state index is -3.29. The van der Waals surface area contributed by atoms with Gasteiger partial charge in [-0.15, -0.1) is 0 Å². The first-order chi connectivity index (χ1) is 6.62. The molecule has 0 saturated heterocycles. The summed E-state index contributed by atoms with van der Waals surface area (Å²) in [6.45, 7) is 1.86. The summed E-state index contributed by atoms with van der Waals surface area (Å²) < 4.78 is 26.7. The maximum absolute atomic E-state index is 11.0. The average molecular weight is 222 g/mol. The van der Waals surface area contributed by atoms with Crippen LogP contribution >= 0.6 is 0 Å². The van der Waals surface area contributed by atoms with Crippen LogP contribution in [0.1, 0.15) is 39.0 Å². The van der Waals surface area contributed by atoms with Crippen LogP contribution in [-0.4, -0.2) is 27.1 Å². The standard InChI is InChI=1S/C9H18O4S/c1-2-13-14(11,12)9-7-5-3-4-6-8-10/h8H,2-7,9H2,1H3. The van der Waals surface area contributed by atoms with Gasteiger partial charge in [-0.2, -0.15) is 8.42 Å². The van der Waals surface area contributed by atoms with Crippen LogP contribution in [0, 0.1) is 0 Å². The highest BCUT2D eigenvalue weighted by Gasteiger charge is 2.08. The summed E-state index contributed by atoms with van der Waals surface area (Å²) in [5, 5.41) is 0. The van der Waals surface area contributed by atoms with Crippen LogP contribution in [0.5, 0.6) is 0 Å². The van der Waals surface area contributed by atoms with E-state index in [4.69, 9.17) is 0 Å². The largest absolute Gasteiger partial charge is 0.303 e. The fourth-order valence-corrected chi connectivity index (χ4v) is 2.13. The SMILES string of the molecule is CCOS(=O)(=O)CCCCCCC=O. The molecule has 0 rings (SSSR count). The van der Waals surface area contributed by atoms with Gasteiger partial charge in [0, 0.05) is 6.42 Å². The minimum absolute atomic E-state index is 0.0852. The molecule has 0 unspecified atom stereocenters. The molecular formula is C9H18O4S. The summed E-state index contributed by atoms with van der Waals surface area (Å²) in [5.41, 5.74) is 0. The molecule has 0 aliphatic rings. The smallest absolute Gasteiger partial charge is 0.267 e. The lowest BCUT2D eigenvalue weighted by atomic mass is 10.2. The van der Waals surface area contributed by atoms with E-state index in [0.29, 0.717) is 12.8 Å². The van der Waals surface area contributed by atoms with Gasteiger partial charge in [0.1, 0.15) is 6.29 Å². The Morgan fingerprint density at radius 2 is 1.79 bits per heavy atom. The Morgan fingerprint density at radius 1 is 1.14 bits per heavy atom. The predicted octanol–water partition coefficient (Wildman–Crippen LogP) is 1.50. The zero-order chi connectivity index (χ0) is 10.9. The van der Waals surface area contributed by atoms with Crippen LogP contribution in [0.4, 0.5) is 0 Å². The van der Waals surface area contributed by atoms with Crippen molar-refractivity contribution in [3.63, 3.8) is 0 Å². The molecule has 0 N–H and O–H groups in total. The van der Waals surface area contributed by atoms with Crippen LogP contribution in [0.15, 0.2) is 0 Å². The molecule has 0 radical (unpaired) electrons. The summed E-state index contributed by atoms with van der Waals surface area (Å²) in [6.07, 6.45) is 4.65. The normalized spacial score (nSPS) is 11.5. The van der Waals surface area contributed by atoms with Crippen molar-refractivity contribution in [2.75, 3.05) is 12.4 Å². The van der Waals surface area contributed by atoms with Crippen molar-refractivity contribution in [1.82, 2.24) is 0 Å². The highest BCUT2D eigenvalue weighted by atomic mass is 32.2. The molecule has 0 fully saturated rings. The van der Waals surface area contributed by atoms with Gasteiger partial charge in [-0.25, -0.2) is 0 Å². The molecule has 84 valence electrons. The van der Waals surface area contributed by atoms with Crippen molar-refractivity contribution in [2.45, 2.75) is 39.0 Å². The second kappa shape index (κ2) is 7.94. The van der Waals surface area contributed by atoms with E-state index in [1.807, 2.05) is 0 Å². The lowest BCUT2D eigenvalue weighted by Gasteiger charge is -2.02. The summed E-state index contributed by atoms with van der Waals surface area (Å²) in [7, 11) is -3.29. The van der Waals surface area contributed by atoms with Crippen molar-refractivity contribution in [1.29, 1.82) is 0 Å². The molecule has 4 nitrogen and oxygen atoms in total. The summed E-state index contributed by atoms with van der Waals surface area (Å²) in [5.74, 6) is 0.0852. The van der Waals surface area contributed by atoms with Crippen molar-refractivity contribution in [2.24, 2.45) is 0 Å². The quantitative estimate of drug-likeness (QED) is 0.337. The third kappa shape index (κ3) is 8.19. The van der Waals surface area contributed by atoms with E-state index in [1.165, 1.54) is 0 Å². The first-order valence-electron chi connectivity index (χ1n) is 4.93. The van der Waals surface area contributed by atoms with Crippen LogP contribution in [0.25, 0.3) is 0 Å². The Labute approximate surface area is 85.8 Å². The molecule has 0 aliphatic heterocycles. The number of hydrogen-bond acceptors (Lipinski definition) is 4. The van der Waals surface area contributed by atoms with Gasteiger partial charge < -0.3 is 4.79 Å². The van der Waals surface area contributed by atoms with E-state index >= 15 is 0 Å². The van der Waals surface area contributed by atoms with Crippen LogP contribution in [0.2, 0.25) is 0 Å². The Balaban J connectivity index is 3.39. The molecule has 0 aromatic carbocycles. The lowest BCUT2D eigenvalue weighted by molar-refractivity contribution is -0.107. The number of aldehydes is 1. The molecule has 0 heterocycles. The van der Waals surface area contributed by atoms with Gasteiger partial charge in [0.05, 0.1) is 12.4 Å². The third-order valence-electron chi connectivity index (χ3n) is 1.76. The van der Waals surface area contributed by atoms with Crippen molar-refractivity contribution >= 4 is 16.4 Å². The minimum Gasteiger partial charge on any atom is -0.303 e. The Morgan fingerprint density at radius 3 is 2.36 bits per heavy atom. The molecular weight excluding hydrogens is 204 g/mol. The third-order valence-corrected chi connectivity index (χ3v) is 3.15. The zero-order valence-electron chi connectivity index (χ0n) is 8.57. The molecule has 0 aromatic rings. The average Bonchev–Trinajstić information content (AvgIpc) is 2.11. The van der Waals surface area contributed by atoms with Gasteiger partial charge in [-0.05, 0) is 19.8 Å². The number of rotatable bonds is 9. The summed E-state index contributed by atoms with van der Waals surface area (Å²) >= 11 is 0. The maximum Gasteiger partial charge on any atom is 0.267 e. The Hall–Kier alpha value is -0.420. The van der Waals surface area contributed by atoms with Crippen molar-refractivity contribution in [3.8, 4) is 0 Å². The van der Waals surface area contributed by atoms with E-state index in [0.717, 1.165) is 25.5 Å². The number of carbonyl (C=O) groups excluding carboxylic acids is 1. The molecule has 14 heavy (non-hydrogen) atoms. The second-order valence-electron chi connectivity index (χ2n) is 3.04. The molecule has 5 heteroatoms. The highest BCUT2D eigenvalue weighted by Crippen LogP contribution is 2.05. The fourth-order valence-electron chi connectivity index (χ4n) is 1.10. The molecule has 0 aromatic heterocycles. The number of unbranched alkanes of at least 4 members (excludes halogenated alkanes) is 4. The second-order valence-corrected chi connectivity index (χ2v) is 4.80. The van der Waals surface area contributed by atoms with E-state index in [-0.39, 0.29) is 12.4 Å². The van der Waals surface area contributed by atoms with Gasteiger partial charge in [0.2, 0.25) is 0 Å². The van der Waals surface area contributed by atoms with Crippen LogP contribution in [-0.2, 0) is 19.1 Å². The predicted molar refractivity (Wildman–Crippen MR) is 54.6 cm³/mol. The summed E-state index contributed by atoms with van der Waals surface area (Å²) in [6, 6.07) is 0.